The zero-order chi connectivity index (χ0) is 19.7. The van der Waals surface area contributed by atoms with Gasteiger partial charge in [0, 0.05) is 0 Å². The van der Waals surface area contributed by atoms with Crippen LogP contribution in [0.4, 0.5) is 0 Å². The van der Waals surface area contributed by atoms with Crippen LogP contribution in [-0.4, -0.2) is 0 Å². The molecular weight excluding hydrogens is 360 g/mol. The maximum Gasteiger partial charge on any atom is -0.00201 e. The molecule has 0 nitrogen and oxygen atoms in total. The summed E-state index contributed by atoms with van der Waals surface area (Å²) < 4.78 is 0. The molecule has 7 aromatic carbocycles. The second-order valence-corrected chi connectivity index (χ2v) is 8.12. The van der Waals surface area contributed by atoms with Gasteiger partial charge in [-0.25, -0.2) is 0 Å². The van der Waals surface area contributed by atoms with Crippen LogP contribution in [0.2, 0.25) is 0 Å². The van der Waals surface area contributed by atoms with Gasteiger partial charge in [0.05, 0.1) is 0 Å². The highest BCUT2D eigenvalue weighted by atomic mass is 14.2. The summed E-state index contributed by atoms with van der Waals surface area (Å²) in [5.41, 5.74) is 0. The van der Waals surface area contributed by atoms with Crippen molar-refractivity contribution in [3.8, 4) is 0 Å². The first-order valence-electron chi connectivity index (χ1n) is 10.5. The third kappa shape index (κ3) is 2.00. The van der Waals surface area contributed by atoms with Gasteiger partial charge in [-0.15, -0.1) is 0 Å². The monoisotopic (exact) mass is 378 g/mol. The third-order valence-corrected chi connectivity index (χ3v) is 6.61. The summed E-state index contributed by atoms with van der Waals surface area (Å²) >= 11 is 0. The Balaban J connectivity index is 1.83. The fraction of sp³-hybridized carbons (Fsp3) is 0. The molecule has 0 N–H and O–H groups in total. The number of fused-ring (bicyclic) bond motifs is 12. The molecule has 0 saturated heterocycles. The maximum absolute atomic E-state index is 2.33. The van der Waals surface area contributed by atoms with E-state index in [2.05, 4.69) is 109 Å². The molecule has 7 rings (SSSR count). The van der Waals surface area contributed by atoms with Crippen LogP contribution < -0.4 is 0 Å². The number of rotatable bonds is 0. The summed E-state index contributed by atoms with van der Waals surface area (Å²) in [5, 5.41) is 15.9. The summed E-state index contributed by atoms with van der Waals surface area (Å²) in [6, 6.07) is 40.1. The lowest BCUT2D eigenvalue weighted by atomic mass is 9.88. The van der Waals surface area contributed by atoms with Gasteiger partial charge in [-0.1, -0.05) is 109 Å². The Morgan fingerprint density at radius 2 is 0.600 bits per heavy atom. The summed E-state index contributed by atoms with van der Waals surface area (Å²) in [6.45, 7) is 0. The van der Waals surface area contributed by atoms with E-state index in [0.29, 0.717) is 0 Å². The van der Waals surface area contributed by atoms with Gasteiger partial charge in [0.1, 0.15) is 0 Å². The first-order chi connectivity index (χ1) is 14.9. The van der Waals surface area contributed by atoms with Gasteiger partial charge in [0.15, 0.2) is 0 Å². The van der Waals surface area contributed by atoms with Crippen molar-refractivity contribution in [3.05, 3.63) is 109 Å². The topological polar surface area (TPSA) is 0 Å². The molecule has 0 atom stereocenters. The summed E-state index contributed by atoms with van der Waals surface area (Å²) in [6.07, 6.45) is 0. The summed E-state index contributed by atoms with van der Waals surface area (Å²) in [4.78, 5) is 0. The Bertz CT molecular complexity index is 1760. The van der Waals surface area contributed by atoms with Crippen molar-refractivity contribution in [2.45, 2.75) is 0 Å². The van der Waals surface area contributed by atoms with Crippen molar-refractivity contribution in [2.75, 3.05) is 0 Å². The Morgan fingerprint density at radius 1 is 0.233 bits per heavy atom. The first-order valence-corrected chi connectivity index (χ1v) is 10.5. The van der Waals surface area contributed by atoms with Crippen LogP contribution in [0.5, 0.6) is 0 Å². The molecule has 0 aliphatic heterocycles. The van der Waals surface area contributed by atoms with E-state index in [4.69, 9.17) is 0 Å². The SMILES string of the molecule is c1ccc2c(c1)ccc1c2ccc2c3ccc4ccccc4c3c3ccccc3c12. The average molecular weight is 378 g/mol. The van der Waals surface area contributed by atoms with Gasteiger partial charge in [0.25, 0.3) is 0 Å². The van der Waals surface area contributed by atoms with Crippen LogP contribution in [0.25, 0.3) is 64.6 Å². The van der Waals surface area contributed by atoms with E-state index in [1.54, 1.807) is 0 Å². The van der Waals surface area contributed by atoms with Crippen LogP contribution in [0.3, 0.4) is 0 Å². The average Bonchev–Trinajstić information content (AvgIpc) is 2.83. The van der Waals surface area contributed by atoms with Gasteiger partial charge < -0.3 is 0 Å². The van der Waals surface area contributed by atoms with Crippen molar-refractivity contribution >= 4 is 64.6 Å². The fourth-order valence-corrected chi connectivity index (χ4v) is 5.31. The minimum absolute atomic E-state index is 1.29. The van der Waals surface area contributed by atoms with E-state index < -0.39 is 0 Å². The predicted octanol–water partition coefficient (Wildman–Crippen LogP) is 8.61. The van der Waals surface area contributed by atoms with Crippen molar-refractivity contribution in [2.24, 2.45) is 0 Å². The number of hydrogen-bond acceptors (Lipinski definition) is 0. The van der Waals surface area contributed by atoms with E-state index in [0.717, 1.165) is 0 Å². The summed E-state index contributed by atoms with van der Waals surface area (Å²) in [7, 11) is 0. The molecule has 0 fully saturated rings. The van der Waals surface area contributed by atoms with E-state index >= 15 is 0 Å². The van der Waals surface area contributed by atoms with Crippen LogP contribution in [0.15, 0.2) is 109 Å². The first kappa shape index (κ1) is 16.0. The Morgan fingerprint density at radius 3 is 1.27 bits per heavy atom. The maximum atomic E-state index is 2.33. The molecule has 0 radical (unpaired) electrons. The van der Waals surface area contributed by atoms with Gasteiger partial charge >= 0.3 is 0 Å². The molecule has 0 saturated carbocycles. The molecule has 0 spiro atoms. The minimum Gasteiger partial charge on any atom is -0.0616 e. The van der Waals surface area contributed by atoms with Crippen molar-refractivity contribution in [1.82, 2.24) is 0 Å². The van der Waals surface area contributed by atoms with Crippen LogP contribution in [-0.2, 0) is 0 Å². The van der Waals surface area contributed by atoms with Crippen LogP contribution in [0, 0.1) is 0 Å². The highest BCUT2D eigenvalue weighted by Gasteiger charge is 2.14. The van der Waals surface area contributed by atoms with Crippen molar-refractivity contribution in [3.63, 3.8) is 0 Å². The van der Waals surface area contributed by atoms with Crippen LogP contribution in [0.1, 0.15) is 0 Å². The smallest absolute Gasteiger partial charge is 0.00201 e. The van der Waals surface area contributed by atoms with E-state index in [-0.39, 0.29) is 0 Å². The molecule has 0 heteroatoms. The number of benzene rings is 7. The van der Waals surface area contributed by atoms with Crippen LogP contribution >= 0.6 is 0 Å². The third-order valence-electron chi connectivity index (χ3n) is 6.61. The standard InChI is InChI=1S/C30H18/c1-3-9-21-19(7-1)13-15-26-23(21)17-18-28-27-16-14-20-8-2-4-10-22(20)29(27)24-11-5-6-12-25(24)30(26)28/h1-18H. The summed E-state index contributed by atoms with van der Waals surface area (Å²) in [5.74, 6) is 0. The molecule has 0 amide bonds. The molecule has 0 aromatic heterocycles. The molecule has 30 heavy (non-hydrogen) atoms. The molecule has 0 heterocycles. The number of hydrogen-bond donors (Lipinski definition) is 0. The largest absolute Gasteiger partial charge is 0.0616 e. The zero-order valence-electron chi connectivity index (χ0n) is 16.4. The van der Waals surface area contributed by atoms with E-state index in [9.17, 15) is 0 Å². The Kier molecular flexibility index (Phi) is 3.09. The van der Waals surface area contributed by atoms with Gasteiger partial charge in [-0.05, 0) is 64.6 Å². The zero-order valence-corrected chi connectivity index (χ0v) is 16.4. The van der Waals surface area contributed by atoms with Gasteiger partial charge in [0.2, 0.25) is 0 Å². The second-order valence-electron chi connectivity index (χ2n) is 8.12. The second kappa shape index (κ2) is 5.81. The van der Waals surface area contributed by atoms with Crippen molar-refractivity contribution < 1.29 is 0 Å². The molecule has 0 aliphatic carbocycles. The lowest BCUT2D eigenvalue weighted by Crippen LogP contribution is -1.87. The molecular formula is C30H18. The Labute approximate surface area is 174 Å². The normalized spacial score (nSPS) is 12.0. The van der Waals surface area contributed by atoms with Gasteiger partial charge in [-0.2, -0.15) is 0 Å². The van der Waals surface area contributed by atoms with Crippen molar-refractivity contribution in [1.29, 1.82) is 0 Å². The van der Waals surface area contributed by atoms with E-state index in [1.807, 2.05) is 0 Å². The fourth-order valence-electron chi connectivity index (χ4n) is 5.31. The molecule has 7 aromatic rings. The molecule has 0 aliphatic rings. The quantitative estimate of drug-likeness (QED) is 0.232. The lowest BCUT2D eigenvalue weighted by molar-refractivity contribution is 1.78. The highest BCUT2D eigenvalue weighted by Crippen LogP contribution is 2.42. The molecule has 138 valence electrons. The minimum atomic E-state index is 1.29. The van der Waals surface area contributed by atoms with Gasteiger partial charge in [-0.3, -0.25) is 0 Å². The van der Waals surface area contributed by atoms with E-state index in [1.165, 1.54) is 64.6 Å². The molecule has 0 bridgehead atoms. The lowest BCUT2D eigenvalue weighted by Gasteiger charge is -2.15. The predicted molar refractivity (Wildman–Crippen MR) is 131 cm³/mol. The highest BCUT2D eigenvalue weighted by molar-refractivity contribution is 6.36. The molecule has 0 unspecified atom stereocenters. The Hall–Kier alpha value is -3.90.